The molecule has 5 heteroatoms. The van der Waals surface area contributed by atoms with Crippen molar-refractivity contribution in [3.63, 3.8) is 0 Å². The molecule has 1 fully saturated rings. The number of hydrogen-bond acceptors (Lipinski definition) is 3. The maximum Gasteiger partial charge on any atom is 0.235 e. The number of amides is 1. The number of halogens is 1. The molecular weight excluding hydrogens is 355 g/mol. The number of benzene rings is 2. The minimum Gasteiger partial charge on any atom is -0.494 e. The highest BCUT2D eigenvalue weighted by atomic mass is 19.1. The van der Waals surface area contributed by atoms with E-state index >= 15 is 0 Å². The van der Waals surface area contributed by atoms with E-state index in [0.717, 1.165) is 43.1 Å². The van der Waals surface area contributed by atoms with E-state index in [-0.39, 0.29) is 11.7 Å². The molecule has 1 N–H and O–H groups in total. The van der Waals surface area contributed by atoms with E-state index in [1.165, 1.54) is 12.1 Å². The maximum atomic E-state index is 13.5. The molecule has 4 nitrogen and oxygen atoms in total. The summed E-state index contributed by atoms with van der Waals surface area (Å²) >= 11 is 0. The molecule has 2 aromatic carbocycles. The number of fused-ring (bicyclic) bond motifs is 1. The van der Waals surface area contributed by atoms with E-state index in [0.29, 0.717) is 17.0 Å². The lowest BCUT2D eigenvalue weighted by Crippen LogP contribution is -2.42. The lowest BCUT2D eigenvalue weighted by Gasteiger charge is -2.36. The first-order chi connectivity index (χ1) is 13.6. The van der Waals surface area contributed by atoms with Crippen molar-refractivity contribution in [2.75, 3.05) is 12.4 Å². The van der Waals surface area contributed by atoms with Gasteiger partial charge in [-0.05, 0) is 54.8 Å². The minimum atomic E-state index is -0.638. The number of anilines is 1. The second-order valence-electron chi connectivity index (χ2n) is 7.32. The zero-order valence-corrected chi connectivity index (χ0v) is 15.9. The summed E-state index contributed by atoms with van der Waals surface area (Å²) < 4.78 is 18.8. The van der Waals surface area contributed by atoms with Gasteiger partial charge in [-0.1, -0.05) is 31.4 Å². The normalized spacial score (nSPS) is 15.9. The molecule has 1 aliphatic carbocycles. The molecule has 1 aliphatic rings. The van der Waals surface area contributed by atoms with Gasteiger partial charge in [0.05, 0.1) is 18.2 Å². The van der Waals surface area contributed by atoms with Crippen molar-refractivity contribution in [1.29, 1.82) is 0 Å². The van der Waals surface area contributed by atoms with Crippen LogP contribution in [0, 0.1) is 5.82 Å². The predicted molar refractivity (Wildman–Crippen MR) is 108 cm³/mol. The number of pyridine rings is 1. The first-order valence-corrected chi connectivity index (χ1v) is 9.63. The summed E-state index contributed by atoms with van der Waals surface area (Å²) in [5.74, 6) is 0.330. The Bertz CT molecular complexity index is 995. The van der Waals surface area contributed by atoms with Gasteiger partial charge in [-0.2, -0.15) is 0 Å². The van der Waals surface area contributed by atoms with Crippen molar-refractivity contribution >= 4 is 22.5 Å². The highest BCUT2D eigenvalue weighted by Gasteiger charge is 2.41. The number of nitrogens with zero attached hydrogens (tertiary/aromatic N) is 1. The smallest absolute Gasteiger partial charge is 0.235 e. The number of methoxy groups -OCH3 is 1. The predicted octanol–water partition coefficient (Wildman–Crippen LogP) is 5.22. The highest BCUT2D eigenvalue weighted by molar-refractivity contribution is 6.06. The monoisotopic (exact) mass is 378 g/mol. The standard InChI is InChI=1S/C23H23FN2O2/c1-28-20-12-11-19(18-6-5-15-25-21(18)20)26-22(27)23(13-3-2-4-14-23)16-7-9-17(24)10-8-16/h5-12,15H,2-4,13-14H2,1H3,(H,26,27). The third kappa shape index (κ3) is 3.21. The number of ether oxygens (including phenoxy) is 1. The summed E-state index contributed by atoms with van der Waals surface area (Å²) in [6.45, 7) is 0. The molecule has 0 saturated heterocycles. The van der Waals surface area contributed by atoms with Gasteiger partial charge in [-0.15, -0.1) is 0 Å². The van der Waals surface area contributed by atoms with E-state index in [2.05, 4.69) is 10.3 Å². The Morgan fingerprint density at radius 3 is 2.54 bits per heavy atom. The van der Waals surface area contributed by atoms with Crippen molar-refractivity contribution in [3.8, 4) is 5.75 Å². The Balaban J connectivity index is 1.73. The van der Waals surface area contributed by atoms with Crippen molar-refractivity contribution < 1.29 is 13.9 Å². The van der Waals surface area contributed by atoms with Crippen LogP contribution >= 0.6 is 0 Å². The Kier molecular flexibility index (Phi) is 4.99. The van der Waals surface area contributed by atoms with Crippen molar-refractivity contribution in [2.24, 2.45) is 0 Å². The molecule has 0 unspecified atom stereocenters. The number of nitrogens with one attached hydrogen (secondary N) is 1. The second-order valence-corrected chi connectivity index (χ2v) is 7.32. The first-order valence-electron chi connectivity index (χ1n) is 9.63. The zero-order valence-electron chi connectivity index (χ0n) is 15.9. The molecule has 0 aliphatic heterocycles. The number of rotatable bonds is 4. The summed E-state index contributed by atoms with van der Waals surface area (Å²) in [6.07, 6.45) is 6.31. The van der Waals surface area contributed by atoms with Gasteiger partial charge in [0, 0.05) is 11.6 Å². The minimum absolute atomic E-state index is 0.0471. The van der Waals surface area contributed by atoms with Gasteiger partial charge in [0.15, 0.2) is 0 Å². The molecule has 0 atom stereocenters. The molecule has 0 bridgehead atoms. The first kappa shape index (κ1) is 18.4. The van der Waals surface area contributed by atoms with Crippen LogP contribution in [0.3, 0.4) is 0 Å². The van der Waals surface area contributed by atoms with Gasteiger partial charge >= 0.3 is 0 Å². The third-order valence-corrected chi connectivity index (χ3v) is 5.74. The molecule has 3 aromatic rings. The number of carbonyl (C=O) groups is 1. The van der Waals surface area contributed by atoms with E-state index < -0.39 is 5.41 Å². The van der Waals surface area contributed by atoms with Crippen LogP contribution in [0.25, 0.3) is 10.9 Å². The van der Waals surface area contributed by atoms with E-state index in [1.807, 2.05) is 24.3 Å². The van der Waals surface area contributed by atoms with Crippen LogP contribution in [0.15, 0.2) is 54.7 Å². The fourth-order valence-corrected chi connectivity index (χ4v) is 4.23. The third-order valence-electron chi connectivity index (χ3n) is 5.74. The molecule has 144 valence electrons. The van der Waals surface area contributed by atoms with Crippen LogP contribution < -0.4 is 10.1 Å². The van der Waals surface area contributed by atoms with Crippen LogP contribution in [-0.4, -0.2) is 18.0 Å². The molecule has 1 heterocycles. The Morgan fingerprint density at radius 2 is 1.82 bits per heavy atom. The average Bonchev–Trinajstić information content (AvgIpc) is 2.75. The molecule has 1 saturated carbocycles. The van der Waals surface area contributed by atoms with Gasteiger partial charge in [0.1, 0.15) is 17.1 Å². The van der Waals surface area contributed by atoms with E-state index in [9.17, 15) is 9.18 Å². The topological polar surface area (TPSA) is 51.2 Å². The average molecular weight is 378 g/mol. The molecule has 1 aromatic heterocycles. The van der Waals surface area contributed by atoms with Crippen LogP contribution in [0.5, 0.6) is 5.75 Å². The SMILES string of the molecule is COc1ccc(NC(=O)C2(c3ccc(F)cc3)CCCCC2)c2cccnc12. The molecule has 0 radical (unpaired) electrons. The fraction of sp³-hybridized carbons (Fsp3) is 0.304. The lowest BCUT2D eigenvalue weighted by atomic mass is 9.68. The van der Waals surface area contributed by atoms with Gasteiger partial charge < -0.3 is 10.1 Å². The number of hydrogen-bond donors (Lipinski definition) is 1. The van der Waals surface area contributed by atoms with Crippen molar-refractivity contribution in [1.82, 2.24) is 4.98 Å². The van der Waals surface area contributed by atoms with Crippen LogP contribution in [0.4, 0.5) is 10.1 Å². The molecule has 1 amide bonds. The van der Waals surface area contributed by atoms with Crippen LogP contribution in [0.1, 0.15) is 37.7 Å². The summed E-state index contributed by atoms with van der Waals surface area (Å²) in [7, 11) is 1.60. The van der Waals surface area contributed by atoms with Crippen LogP contribution in [-0.2, 0) is 10.2 Å². The molecule has 4 rings (SSSR count). The number of carbonyl (C=O) groups excluding carboxylic acids is 1. The molecular formula is C23H23FN2O2. The Labute approximate surface area is 163 Å². The second kappa shape index (κ2) is 7.58. The largest absolute Gasteiger partial charge is 0.494 e. The van der Waals surface area contributed by atoms with E-state index in [1.54, 1.807) is 25.4 Å². The van der Waals surface area contributed by atoms with Gasteiger partial charge in [0.25, 0.3) is 0 Å². The van der Waals surface area contributed by atoms with Crippen molar-refractivity contribution in [2.45, 2.75) is 37.5 Å². The van der Waals surface area contributed by atoms with Gasteiger partial charge in [-0.3, -0.25) is 9.78 Å². The summed E-state index contributed by atoms with van der Waals surface area (Å²) in [5.41, 5.74) is 1.66. The summed E-state index contributed by atoms with van der Waals surface area (Å²) in [5, 5.41) is 3.97. The molecule has 28 heavy (non-hydrogen) atoms. The fourth-order valence-electron chi connectivity index (χ4n) is 4.23. The lowest BCUT2D eigenvalue weighted by molar-refractivity contribution is -0.122. The quantitative estimate of drug-likeness (QED) is 0.677. The van der Waals surface area contributed by atoms with E-state index in [4.69, 9.17) is 4.74 Å². The highest BCUT2D eigenvalue weighted by Crippen LogP contribution is 2.41. The Hall–Kier alpha value is -2.95. The van der Waals surface area contributed by atoms with Crippen molar-refractivity contribution in [3.05, 3.63) is 66.1 Å². The summed E-state index contributed by atoms with van der Waals surface area (Å²) in [4.78, 5) is 17.9. The van der Waals surface area contributed by atoms with Gasteiger partial charge in [0.2, 0.25) is 5.91 Å². The van der Waals surface area contributed by atoms with Gasteiger partial charge in [-0.25, -0.2) is 4.39 Å². The molecule has 0 spiro atoms. The zero-order chi connectivity index (χ0) is 19.6. The Morgan fingerprint density at radius 1 is 1.07 bits per heavy atom. The maximum absolute atomic E-state index is 13.5. The van der Waals surface area contributed by atoms with Crippen LogP contribution in [0.2, 0.25) is 0 Å². The summed E-state index contributed by atoms with van der Waals surface area (Å²) in [6, 6.07) is 13.8. The number of aromatic nitrogens is 1.